The molecule has 2 aromatic heterocycles. The lowest BCUT2D eigenvalue weighted by Gasteiger charge is -2.10. The van der Waals surface area contributed by atoms with Crippen LogP contribution in [0.25, 0.3) is 5.78 Å². The average molecular weight is 232 g/mol. The molecule has 84 valence electrons. The van der Waals surface area contributed by atoms with Crippen LogP contribution in [0.3, 0.4) is 0 Å². The Morgan fingerprint density at radius 3 is 2.62 bits per heavy atom. The lowest BCUT2D eigenvalue weighted by molar-refractivity contribution is -0.143. The molecule has 16 heavy (non-hydrogen) atoms. The topological polar surface area (TPSA) is 80.4 Å². The zero-order valence-corrected chi connectivity index (χ0v) is 7.43. The quantitative estimate of drug-likeness (QED) is 0.787. The van der Waals surface area contributed by atoms with Gasteiger partial charge in [0.15, 0.2) is 5.69 Å². The maximum Gasteiger partial charge on any atom is 0.434 e. The fourth-order valence-corrected chi connectivity index (χ4v) is 1.21. The normalized spacial score (nSPS) is 11.9. The van der Waals surface area contributed by atoms with E-state index < -0.39 is 23.4 Å². The number of aromatic carboxylic acids is 1. The standard InChI is InChI=1S/C7H3F3N4O2/c8-7(9,10)4-3(5(15)16)1-11-6-12-2-13-14(4)6/h1-2H,(H,15,16). The summed E-state index contributed by atoms with van der Waals surface area (Å²) in [7, 11) is 0. The van der Waals surface area contributed by atoms with E-state index in [1.165, 1.54) is 0 Å². The lowest BCUT2D eigenvalue weighted by atomic mass is 10.2. The molecule has 0 aliphatic heterocycles. The SMILES string of the molecule is O=C(O)c1cnc2ncnn2c1C(F)(F)F. The Morgan fingerprint density at radius 1 is 1.38 bits per heavy atom. The van der Waals surface area contributed by atoms with E-state index >= 15 is 0 Å². The van der Waals surface area contributed by atoms with Gasteiger partial charge in [0.1, 0.15) is 11.9 Å². The van der Waals surface area contributed by atoms with Crippen LogP contribution >= 0.6 is 0 Å². The maximum atomic E-state index is 12.6. The van der Waals surface area contributed by atoms with Crippen molar-refractivity contribution in [2.24, 2.45) is 0 Å². The van der Waals surface area contributed by atoms with Gasteiger partial charge < -0.3 is 5.11 Å². The Bertz CT molecular complexity index is 562. The highest BCUT2D eigenvalue weighted by Gasteiger charge is 2.39. The van der Waals surface area contributed by atoms with Gasteiger partial charge in [0.2, 0.25) is 0 Å². The van der Waals surface area contributed by atoms with E-state index in [0.29, 0.717) is 10.7 Å². The van der Waals surface area contributed by atoms with Crippen molar-refractivity contribution in [1.82, 2.24) is 19.6 Å². The van der Waals surface area contributed by atoms with E-state index in [1.54, 1.807) is 0 Å². The Hall–Kier alpha value is -2.19. The molecule has 2 heterocycles. The van der Waals surface area contributed by atoms with E-state index in [4.69, 9.17) is 5.11 Å². The maximum absolute atomic E-state index is 12.6. The van der Waals surface area contributed by atoms with Crippen LogP contribution in [0.2, 0.25) is 0 Å². The largest absolute Gasteiger partial charge is 0.478 e. The zero-order valence-electron chi connectivity index (χ0n) is 7.43. The third-order valence-corrected chi connectivity index (χ3v) is 1.80. The number of carboxylic acid groups (broad SMARTS) is 1. The molecule has 0 unspecified atom stereocenters. The first-order valence-electron chi connectivity index (χ1n) is 3.90. The highest BCUT2D eigenvalue weighted by Crippen LogP contribution is 2.31. The number of nitrogens with zero attached hydrogens (tertiary/aromatic N) is 4. The molecule has 0 aliphatic carbocycles. The Balaban J connectivity index is 2.86. The van der Waals surface area contributed by atoms with Crippen molar-refractivity contribution in [2.75, 3.05) is 0 Å². The van der Waals surface area contributed by atoms with Crippen molar-refractivity contribution in [3.05, 3.63) is 23.8 Å². The number of carbonyl (C=O) groups is 1. The number of rotatable bonds is 1. The van der Waals surface area contributed by atoms with E-state index in [1.807, 2.05) is 0 Å². The van der Waals surface area contributed by atoms with Crippen LogP contribution in [0.5, 0.6) is 0 Å². The van der Waals surface area contributed by atoms with Crippen molar-refractivity contribution in [3.8, 4) is 0 Å². The molecule has 0 bridgehead atoms. The minimum atomic E-state index is -4.84. The first-order chi connectivity index (χ1) is 7.41. The molecule has 6 nitrogen and oxygen atoms in total. The highest BCUT2D eigenvalue weighted by atomic mass is 19.4. The Kier molecular flexibility index (Phi) is 2.04. The minimum absolute atomic E-state index is 0.308. The summed E-state index contributed by atoms with van der Waals surface area (Å²) < 4.78 is 38.3. The highest BCUT2D eigenvalue weighted by molar-refractivity contribution is 5.89. The van der Waals surface area contributed by atoms with Crippen LogP contribution < -0.4 is 0 Å². The van der Waals surface area contributed by atoms with Gasteiger partial charge in [-0.2, -0.15) is 27.8 Å². The predicted octanol–water partition coefficient (Wildman–Crippen LogP) is 0.841. The number of hydrogen-bond donors (Lipinski definition) is 1. The van der Waals surface area contributed by atoms with Gasteiger partial charge in [-0.25, -0.2) is 9.78 Å². The average Bonchev–Trinajstić information content (AvgIpc) is 2.61. The van der Waals surface area contributed by atoms with E-state index in [-0.39, 0.29) is 5.78 Å². The molecule has 0 amide bonds. The van der Waals surface area contributed by atoms with Gasteiger partial charge in [0, 0.05) is 6.20 Å². The van der Waals surface area contributed by atoms with E-state index in [9.17, 15) is 18.0 Å². The Labute approximate surface area is 85.4 Å². The number of carboxylic acids is 1. The van der Waals surface area contributed by atoms with Gasteiger partial charge in [0.05, 0.1) is 0 Å². The molecule has 0 atom stereocenters. The zero-order chi connectivity index (χ0) is 11.9. The van der Waals surface area contributed by atoms with E-state index in [0.717, 1.165) is 6.33 Å². The summed E-state index contributed by atoms with van der Waals surface area (Å²) in [6.07, 6.45) is -3.37. The summed E-state index contributed by atoms with van der Waals surface area (Å²) in [4.78, 5) is 17.5. The molecule has 0 aromatic carbocycles. The van der Waals surface area contributed by atoms with Crippen LogP contribution in [0, 0.1) is 0 Å². The number of fused-ring (bicyclic) bond motifs is 1. The number of aromatic nitrogens is 4. The van der Waals surface area contributed by atoms with Gasteiger partial charge >= 0.3 is 12.1 Å². The van der Waals surface area contributed by atoms with Crippen LogP contribution in [-0.4, -0.2) is 30.7 Å². The number of halogens is 3. The van der Waals surface area contributed by atoms with Gasteiger partial charge in [-0.1, -0.05) is 0 Å². The summed E-state index contributed by atoms with van der Waals surface area (Å²) in [5, 5.41) is 11.9. The molecule has 2 aromatic rings. The van der Waals surface area contributed by atoms with Crippen molar-refractivity contribution in [3.63, 3.8) is 0 Å². The summed E-state index contributed by atoms with van der Waals surface area (Å²) in [5.41, 5.74) is -2.37. The number of alkyl halides is 3. The minimum Gasteiger partial charge on any atom is -0.478 e. The van der Waals surface area contributed by atoms with Crippen molar-refractivity contribution < 1.29 is 23.1 Å². The predicted molar refractivity (Wildman–Crippen MR) is 42.7 cm³/mol. The third-order valence-electron chi connectivity index (χ3n) is 1.80. The van der Waals surface area contributed by atoms with Crippen LogP contribution in [0.1, 0.15) is 16.1 Å². The molecule has 0 saturated heterocycles. The fourth-order valence-electron chi connectivity index (χ4n) is 1.21. The van der Waals surface area contributed by atoms with E-state index in [2.05, 4.69) is 15.1 Å². The van der Waals surface area contributed by atoms with Gasteiger partial charge in [-0.3, -0.25) is 0 Å². The third kappa shape index (κ3) is 1.45. The first kappa shape index (κ1) is 10.3. The molecule has 1 N–H and O–H groups in total. The second-order valence-electron chi connectivity index (χ2n) is 2.80. The van der Waals surface area contributed by atoms with Crippen LogP contribution in [-0.2, 0) is 6.18 Å². The molecular weight excluding hydrogens is 229 g/mol. The monoisotopic (exact) mass is 232 g/mol. The molecule has 0 fully saturated rings. The van der Waals surface area contributed by atoms with Crippen molar-refractivity contribution in [1.29, 1.82) is 0 Å². The second-order valence-corrected chi connectivity index (χ2v) is 2.80. The summed E-state index contributed by atoms with van der Waals surface area (Å²) in [6, 6.07) is 0. The fraction of sp³-hybridized carbons (Fsp3) is 0.143. The summed E-state index contributed by atoms with van der Waals surface area (Å²) >= 11 is 0. The second kappa shape index (κ2) is 3.15. The van der Waals surface area contributed by atoms with Crippen molar-refractivity contribution in [2.45, 2.75) is 6.18 Å². The molecule has 2 rings (SSSR count). The van der Waals surface area contributed by atoms with Crippen LogP contribution in [0.15, 0.2) is 12.5 Å². The lowest BCUT2D eigenvalue weighted by Crippen LogP contribution is -2.19. The smallest absolute Gasteiger partial charge is 0.434 e. The van der Waals surface area contributed by atoms with Crippen molar-refractivity contribution >= 4 is 11.7 Å². The molecule has 0 saturated carbocycles. The molecule has 0 radical (unpaired) electrons. The van der Waals surface area contributed by atoms with Gasteiger partial charge in [-0.15, -0.1) is 0 Å². The van der Waals surface area contributed by atoms with Gasteiger partial charge in [-0.05, 0) is 0 Å². The summed E-state index contributed by atoms with van der Waals surface area (Å²) in [6.45, 7) is 0. The van der Waals surface area contributed by atoms with Crippen LogP contribution in [0.4, 0.5) is 13.2 Å². The Morgan fingerprint density at radius 2 is 2.06 bits per heavy atom. The van der Waals surface area contributed by atoms with Gasteiger partial charge in [0.25, 0.3) is 5.78 Å². The molecule has 0 spiro atoms. The summed E-state index contributed by atoms with van der Waals surface area (Å²) in [5.74, 6) is -2.03. The molecule has 0 aliphatic rings. The number of hydrogen-bond acceptors (Lipinski definition) is 4. The first-order valence-corrected chi connectivity index (χ1v) is 3.90. The molecule has 9 heteroatoms. The molecular formula is C7H3F3N4O2.